The fourth-order valence-electron chi connectivity index (χ4n) is 4.41. The van der Waals surface area contributed by atoms with Gasteiger partial charge in [0.2, 0.25) is 0 Å². The van der Waals surface area contributed by atoms with Crippen molar-refractivity contribution in [1.82, 2.24) is 15.5 Å². The van der Waals surface area contributed by atoms with Crippen LogP contribution in [0.25, 0.3) is 0 Å². The molecule has 138 valence electrons. The lowest BCUT2D eigenvalue weighted by Crippen LogP contribution is -2.47. The summed E-state index contributed by atoms with van der Waals surface area (Å²) in [7, 11) is 0. The van der Waals surface area contributed by atoms with Gasteiger partial charge in [0, 0.05) is 19.6 Å². The SMILES string of the molecule is CCNC(=NCCCCN1CCCC(C)C1)NC1CC2CCC1O2. The number of guanidine groups is 1. The molecule has 3 saturated heterocycles. The zero-order chi connectivity index (χ0) is 16.8. The molecule has 0 aromatic carbocycles. The van der Waals surface area contributed by atoms with E-state index in [1.807, 2.05) is 0 Å². The Kier molecular flexibility index (Phi) is 6.78. The summed E-state index contributed by atoms with van der Waals surface area (Å²) in [6, 6.07) is 0.455. The first-order valence-corrected chi connectivity index (χ1v) is 10.2. The minimum absolute atomic E-state index is 0.403. The summed E-state index contributed by atoms with van der Waals surface area (Å²) in [6.07, 6.45) is 9.69. The van der Waals surface area contributed by atoms with E-state index in [9.17, 15) is 0 Å². The number of hydrogen-bond donors (Lipinski definition) is 2. The van der Waals surface area contributed by atoms with E-state index in [0.717, 1.165) is 31.4 Å². The maximum absolute atomic E-state index is 5.93. The van der Waals surface area contributed by atoms with Gasteiger partial charge in [-0.05, 0) is 70.9 Å². The van der Waals surface area contributed by atoms with Gasteiger partial charge < -0.3 is 20.3 Å². The maximum atomic E-state index is 5.93. The number of aliphatic imine (C=N–C) groups is 1. The summed E-state index contributed by atoms with van der Waals surface area (Å²) >= 11 is 0. The Morgan fingerprint density at radius 2 is 2.17 bits per heavy atom. The fourth-order valence-corrected chi connectivity index (χ4v) is 4.41. The molecular weight excluding hydrogens is 300 g/mol. The lowest BCUT2D eigenvalue weighted by molar-refractivity contribution is 0.0992. The van der Waals surface area contributed by atoms with Gasteiger partial charge in [0.1, 0.15) is 0 Å². The van der Waals surface area contributed by atoms with Crippen molar-refractivity contribution in [2.45, 2.75) is 77.0 Å². The normalized spacial score (nSPS) is 33.8. The van der Waals surface area contributed by atoms with E-state index in [1.54, 1.807) is 0 Å². The predicted octanol–water partition coefficient (Wildman–Crippen LogP) is 2.37. The number of nitrogens with one attached hydrogen (secondary N) is 2. The van der Waals surface area contributed by atoms with Crippen molar-refractivity contribution < 1.29 is 4.74 Å². The molecule has 0 aliphatic carbocycles. The topological polar surface area (TPSA) is 48.9 Å². The van der Waals surface area contributed by atoms with Gasteiger partial charge in [-0.2, -0.15) is 0 Å². The number of fused-ring (bicyclic) bond motifs is 2. The highest BCUT2D eigenvalue weighted by molar-refractivity contribution is 5.80. The quantitative estimate of drug-likeness (QED) is 0.426. The van der Waals surface area contributed by atoms with E-state index >= 15 is 0 Å². The Morgan fingerprint density at radius 1 is 1.25 bits per heavy atom. The molecule has 2 bridgehead atoms. The van der Waals surface area contributed by atoms with Crippen molar-refractivity contribution in [2.24, 2.45) is 10.9 Å². The van der Waals surface area contributed by atoms with E-state index in [0.29, 0.717) is 18.2 Å². The summed E-state index contributed by atoms with van der Waals surface area (Å²) in [6.45, 7) is 10.2. The monoisotopic (exact) mass is 336 g/mol. The zero-order valence-electron chi connectivity index (χ0n) is 15.6. The molecule has 0 amide bonds. The molecular formula is C19H36N4O. The molecule has 2 N–H and O–H groups in total. The highest BCUT2D eigenvalue weighted by Gasteiger charge is 2.41. The maximum Gasteiger partial charge on any atom is 0.191 e. The zero-order valence-corrected chi connectivity index (χ0v) is 15.6. The molecule has 4 unspecified atom stereocenters. The van der Waals surface area contributed by atoms with Crippen molar-refractivity contribution >= 4 is 5.96 Å². The number of rotatable bonds is 7. The first kappa shape index (κ1) is 18.0. The highest BCUT2D eigenvalue weighted by Crippen LogP contribution is 2.34. The summed E-state index contributed by atoms with van der Waals surface area (Å²) < 4.78 is 5.93. The van der Waals surface area contributed by atoms with Crippen LogP contribution >= 0.6 is 0 Å². The van der Waals surface area contributed by atoms with Crippen LogP contribution < -0.4 is 10.6 Å². The molecule has 0 aromatic rings. The molecule has 5 heteroatoms. The first-order valence-electron chi connectivity index (χ1n) is 10.2. The molecule has 0 aromatic heterocycles. The van der Waals surface area contributed by atoms with Gasteiger partial charge in [0.15, 0.2) is 5.96 Å². The smallest absolute Gasteiger partial charge is 0.191 e. The molecule has 0 radical (unpaired) electrons. The number of likely N-dealkylation sites (tertiary alicyclic amines) is 1. The minimum atomic E-state index is 0.403. The van der Waals surface area contributed by atoms with Gasteiger partial charge in [-0.1, -0.05) is 6.92 Å². The summed E-state index contributed by atoms with van der Waals surface area (Å²) in [5.74, 6) is 1.86. The molecule has 4 atom stereocenters. The van der Waals surface area contributed by atoms with Crippen molar-refractivity contribution in [3.63, 3.8) is 0 Å². The van der Waals surface area contributed by atoms with Crippen molar-refractivity contribution in [2.75, 3.05) is 32.7 Å². The van der Waals surface area contributed by atoms with Crippen LogP contribution in [0.1, 0.15) is 58.8 Å². The molecule has 3 fully saturated rings. The van der Waals surface area contributed by atoms with Gasteiger partial charge in [-0.15, -0.1) is 0 Å². The van der Waals surface area contributed by atoms with Crippen LogP contribution in [0.15, 0.2) is 4.99 Å². The van der Waals surface area contributed by atoms with Crippen LogP contribution in [-0.4, -0.2) is 61.8 Å². The van der Waals surface area contributed by atoms with E-state index in [2.05, 4.69) is 29.4 Å². The van der Waals surface area contributed by atoms with Crippen LogP contribution in [0.3, 0.4) is 0 Å². The van der Waals surface area contributed by atoms with Crippen molar-refractivity contribution in [3.05, 3.63) is 0 Å². The van der Waals surface area contributed by atoms with Crippen LogP contribution in [0, 0.1) is 5.92 Å². The van der Waals surface area contributed by atoms with Crippen LogP contribution in [0.5, 0.6) is 0 Å². The van der Waals surface area contributed by atoms with E-state index in [1.165, 1.54) is 58.2 Å². The van der Waals surface area contributed by atoms with Gasteiger partial charge in [0.05, 0.1) is 18.2 Å². The lowest BCUT2D eigenvalue weighted by Gasteiger charge is -2.30. The molecule has 0 saturated carbocycles. The van der Waals surface area contributed by atoms with Gasteiger partial charge in [0.25, 0.3) is 0 Å². The largest absolute Gasteiger partial charge is 0.373 e. The Bertz CT molecular complexity index is 414. The van der Waals surface area contributed by atoms with Crippen molar-refractivity contribution in [3.8, 4) is 0 Å². The standard InChI is InChI=1S/C19H36N4O/c1-3-20-19(22-17-13-16-8-9-18(17)24-16)21-10-4-5-11-23-12-6-7-15(2)14-23/h15-18H,3-14H2,1-2H3,(H2,20,21,22). The third-order valence-electron chi connectivity index (χ3n) is 5.67. The predicted molar refractivity (Wildman–Crippen MR) is 99.5 cm³/mol. The van der Waals surface area contributed by atoms with Crippen LogP contribution in [-0.2, 0) is 4.74 Å². The Balaban J connectivity index is 1.34. The molecule has 3 rings (SSSR count). The molecule has 3 heterocycles. The molecule has 5 nitrogen and oxygen atoms in total. The molecule has 3 aliphatic heterocycles. The second-order valence-corrected chi connectivity index (χ2v) is 7.88. The Labute approximate surface area is 147 Å². The van der Waals surface area contributed by atoms with E-state index in [-0.39, 0.29) is 0 Å². The third kappa shape index (κ3) is 5.09. The number of nitrogens with zero attached hydrogens (tertiary/aromatic N) is 2. The number of ether oxygens (including phenoxy) is 1. The minimum Gasteiger partial charge on any atom is -0.373 e. The van der Waals surface area contributed by atoms with E-state index in [4.69, 9.17) is 9.73 Å². The first-order chi connectivity index (χ1) is 11.7. The van der Waals surface area contributed by atoms with Crippen molar-refractivity contribution in [1.29, 1.82) is 0 Å². The van der Waals surface area contributed by atoms with Crippen LogP contribution in [0.2, 0.25) is 0 Å². The van der Waals surface area contributed by atoms with Gasteiger partial charge >= 0.3 is 0 Å². The van der Waals surface area contributed by atoms with Crippen LogP contribution in [0.4, 0.5) is 0 Å². The number of hydrogen-bond acceptors (Lipinski definition) is 3. The number of unbranched alkanes of at least 4 members (excludes halogenated alkanes) is 1. The highest BCUT2D eigenvalue weighted by atomic mass is 16.5. The summed E-state index contributed by atoms with van der Waals surface area (Å²) in [5.41, 5.74) is 0. The summed E-state index contributed by atoms with van der Waals surface area (Å²) in [4.78, 5) is 7.41. The lowest BCUT2D eigenvalue weighted by atomic mass is 9.96. The Morgan fingerprint density at radius 3 is 2.88 bits per heavy atom. The molecule has 0 spiro atoms. The fraction of sp³-hybridized carbons (Fsp3) is 0.947. The van der Waals surface area contributed by atoms with Gasteiger partial charge in [-0.25, -0.2) is 0 Å². The van der Waals surface area contributed by atoms with E-state index < -0.39 is 0 Å². The third-order valence-corrected chi connectivity index (χ3v) is 5.67. The second-order valence-electron chi connectivity index (χ2n) is 7.88. The number of piperidine rings is 1. The summed E-state index contributed by atoms with van der Waals surface area (Å²) in [5, 5.41) is 6.99. The second kappa shape index (κ2) is 9.04. The average molecular weight is 337 g/mol. The molecule has 3 aliphatic rings. The average Bonchev–Trinajstić information content (AvgIpc) is 3.17. The Hall–Kier alpha value is -0.810. The molecule has 24 heavy (non-hydrogen) atoms. The van der Waals surface area contributed by atoms with Gasteiger partial charge in [-0.3, -0.25) is 4.99 Å².